The zero-order chi connectivity index (χ0) is 13.3. The summed E-state index contributed by atoms with van der Waals surface area (Å²) in [6, 6.07) is 2.73. The van der Waals surface area contributed by atoms with E-state index in [0.717, 1.165) is 5.01 Å². The van der Waals surface area contributed by atoms with Gasteiger partial charge in [0.2, 0.25) is 0 Å². The Hall–Kier alpha value is -2.22. The van der Waals surface area contributed by atoms with E-state index in [4.69, 9.17) is 9.84 Å². The lowest BCUT2D eigenvalue weighted by Gasteiger charge is -2.03. The highest BCUT2D eigenvalue weighted by molar-refractivity contribution is 7.18. The summed E-state index contributed by atoms with van der Waals surface area (Å²) in [6.45, 7) is 1.16. The maximum atomic E-state index is 10.9. The molecule has 0 aliphatic heterocycles. The number of aliphatic carboxylic acids is 1. The van der Waals surface area contributed by atoms with Crippen LogP contribution in [0.15, 0.2) is 12.1 Å². The minimum Gasteiger partial charge on any atom is -0.479 e. The van der Waals surface area contributed by atoms with E-state index in [1.54, 1.807) is 6.92 Å². The number of benzene rings is 1. The Morgan fingerprint density at radius 2 is 2.33 bits per heavy atom. The first-order valence-electron chi connectivity index (χ1n) is 4.87. The molecule has 2 aromatic rings. The topological polar surface area (TPSA) is 103 Å². The molecule has 0 aliphatic carbocycles. The largest absolute Gasteiger partial charge is 0.479 e. The number of aromatic nitrogens is 1. The summed E-state index contributed by atoms with van der Waals surface area (Å²) in [5.41, 5.74) is 0.302. The molecule has 0 saturated heterocycles. The highest BCUT2D eigenvalue weighted by Gasteiger charge is 2.19. The van der Waals surface area contributed by atoms with E-state index in [2.05, 4.69) is 4.98 Å². The molecule has 0 radical (unpaired) electrons. The zero-order valence-corrected chi connectivity index (χ0v) is 10.1. The highest BCUT2D eigenvalue weighted by atomic mass is 32.1. The first kappa shape index (κ1) is 12.2. The van der Waals surface area contributed by atoms with Gasteiger partial charge in [-0.15, -0.1) is 11.3 Å². The van der Waals surface area contributed by atoms with Crippen LogP contribution in [-0.4, -0.2) is 27.6 Å². The lowest BCUT2D eigenvalue weighted by Crippen LogP contribution is -2.10. The van der Waals surface area contributed by atoms with Gasteiger partial charge in [-0.25, -0.2) is 9.78 Å². The zero-order valence-electron chi connectivity index (χ0n) is 9.24. The molecule has 94 valence electrons. The van der Waals surface area contributed by atoms with Crippen molar-refractivity contribution in [1.29, 1.82) is 0 Å². The lowest BCUT2D eigenvalue weighted by molar-refractivity contribution is -0.385. The number of ether oxygens (including phenoxy) is 1. The number of aryl methyl sites for hydroxylation is 1. The average molecular weight is 268 g/mol. The van der Waals surface area contributed by atoms with Gasteiger partial charge in [-0.1, -0.05) is 0 Å². The van der Waals surface area contributed by atoms with Crippen molar-refractivity contribution in [3.8, 4) is 5.75 Å². The second kappa shape index (κ2) is 4.57. The SMILES string of the molecule is Cc1nc2cc(OCC(=O)O)c([N+](=O)[O-])cc2s1. The number of hydrogen-bond acceptors (Lipinski definition) is 6. The van der Waals surface area contributed by atoms with Gasteiger partial charge in [0.25, 0.3) is 0 Å². The van der Waals surface area contributed by atoms with Gasteiger partial charge >= 0.3 is 11.7 Å². The summed E-state index contributed by atoms with van der Waals surface area (Å²) in [5, 5.41) is 20.2. The summed E-state index contributed by atoms with van der Waals surface area (Å²) in [7, 11) is 0. The number of thiazole rings is 1. The van der Waals surface area contributed by atoms with Crippen LogP contribution >= 0.6 is 11.3 Å². The van der Waals surface area contributed by atoms with Crippen molar-refractivity contribution < 1.29 is 19.6 Å². The number of nitrogens with zero attached hydrogens (tertiary/aromatic N) is 2. The van der Waals surface area contributed by atoms with Crippen molar-refractivity contribution in [3.05, 3.63) is 27.3 Å². The molecule has 1 N–H and O–H groups in total. The van der Waals surface area contributed by atoms with E-state index in [0.29, 0.717) is 10.2 Å². The summed E-state index contributed by atoms with van der Waals surface area (Å²) in [4.78, 5) is 24.9. The van der Waals surface area contributed by atoms with Gasteiger partial charge < -0.3 is 9.84 Å². The monoisotopic (exact) mass is 268 g/mol. The Morgan fingerprint density at radius 1 is 1.61 bits per heavy atom. The van der Waals surface area contributed by atoms with Gasteiger partial charge in [-0.2, -0.15) is 0 Å². The van der Waals surface area contributed by atoms with Crippen LogP contribution in [0.4, 0.5) is 5.69 Å². The third kappa shape index (κ3) is 2.38. The summed E-state index contributed by atoms with van der Waals surface area (Å²) in [6.07, 6.45) is 0. The quantitative estimate of drug-likeness (QED) is 0.671. The van der Waals surface area contributed by atoms with Crippen molar-refractivity contribution in [1.82, 2.24) is 4.98 Å². The van der Waals surface area contributed by atoms with Gasteiger partial charge in [0.15, 0.2) is 12.4 Å². The Kier molecular flexibility index (Phi) is 3.11. The second-order valence-corrected chi connectivity index (χ2v) is 4.69. The number of carboxylic acids is 1. The van der Waals surface area contributed by atoms with Crippen LogP contribution < -0.4 is 4.74 Å². The van der Waals surface area contributed by atoms with Crippen molar-refractivity contribution in [3.63, 3.8) is 0 Å². The molecule has 2 rings (SSSR count). The van der Waals surface area contributed by atoms with E-state index < -0.39 is 17.5 Å². The van der Waals surface area contributed by atoms with Gasteiger partial charge in [-0.05, 0) is 6.92 Å². The molecule has 8 heteroatoms. The van der Waals surface area contributed by atoms with Gasteiger partial charge in [0, 0.05) is 12.1 Å². The van der Waals surface area contributed by atoms with Crippen LogP contribution in [0, 0.1) is 17.0 Å². The van der Waals surface area contributed by atoms with Gasteiger partial charge in [-0.3, -0.25) is 10.1 Å². The second-order valence-electron chi connectivity index (χ2n) is 3.46. The fourth-order valence-electron chi connectivity index (χ4n) is 1.46. The average Bonchev–Trinajstić information content (AvgIpc) is 2.63. The third-order valence-electron chi connectivity index (χ3n) is 2.12. The van der Waals surface area contributed by atoms with Crippen LogP contribution in [0.1, 0.15) is 5.01 Å². The fraction of sp³-hybridized carbons (Fsp3) is 0.200. The predicted octanol–water partition coefficient (Wildman–Crippen LogP) is 1.98. The number of nitro groups is 1. The molecule has 18 heavy (non-hydrogen) atoms. The number of rotatable bonds is 4. The van der Waals surface area contributed by atoms with Gasteiger partial charge in [0.05, 0.1) is 20.1 Å². The third-order valence-corrected chi connectivity index (χ3v) is 3.06. The number of fused-ring (bicyclic) bond motifs is 1. The molecule has 0 bridgehead atoms. The molecule has 0 aliphatic rings. The summed E-state index contributed by atoms with van der Waals surface area (Å²) in [5.74, 6) is -1.28. The van der Waals surface area contributed by atoms with Crippen molar-refractivity contribution in [2.45, 2.75) is 6.92 Å². The van der Waals surface area contributed by atoms with Crippen LogP contribution in [0.3, 0.4) is 0 Å². The first-order chi connectivity index (χ1) is 8.47. The molecule has 0 unspecified atom stereocenters. The highest BCUT2D eigenvalue weighted by Crippen LogP contribution is 2.34. The number of carboxylic acid groups (broad SMARTS) is 1. The number of nitro benzene ring substituents is 1. The van der Waals surface area contributed by atoms with Crippen molar-refractivity contribution in [2.24, 2.45) is 0 Å². The molecule has 1 aromatic heterocycles. The van der Waals surface area contributed by atoms with E-state index in [9.17, 15) is 14.9 Å². The molecule has 0 saturated carbocycles. The molecule has 1 aromatic carbocycles. The van der Waals surface area contributed by atoms with Crippen LogP contribution in [0.5, 0.6) is 5.75 Å². The maximum absolute atomic E-state index is 10.9. The van der Waals surface area contributed by atoms with E-state index >= 15 is 0 Å². The van der Waals surface area contributed by atoms with Crippen LogP contribution in [0.25, 0.3) is 10.2 Å². The molecular weight excluding hydrogens is 260 g/mol. The van der Waals surface area contributed by atoms with Crippen molar-refractivity contribution in [2.75, 3.05) is 6.61 Å². The minimum absolute atomic E-state index is 0.0831. The fourth-order valence-corrected chi connectivity index (χ4v) is 2.30. The molecule has 0 spiro atoms. The number of hydrogen-bond donors (Lipinski definition) is 1. The Bertz CT molecular complexity index is 636. The Labute approximate surface area is 105 Å². The molecule has 0 atom stereocenters. The minimum atomic E-state index is -1.20. The van der Waals surface area contributed by atoms with E-state index in [1.807, 2.05) is 0 Å². The maximum Gasteiger partial charge on any atom is 0.341 e. The smallest absolute Gasteiger partial charge is 0.341 e. The van der Waals surface area contributed by atoms with Crippen LogP contribution in [-0.2, 0) is 4.79 Å². The molecule has 0 fully saturated rings. The first-order valence-corrected chi connectivity index (χ1v) is 5.69. The molecule has 0 amide bonds. The summed E-state index contributed by atoms with van der Waals surface area (Å²) < 4.78 is 5.57. The van der Waals surface area contributed by atoms with Crippen LogP contribution in [0.2, 0.25) is 0 Å². The standard InChI is InChI=1S/C10H8N2O5S/c1-5-11-6-2-8(17-4-10(13)14)7(12(15)16)3-9(6)18-5/h2-3H,4H2,1H3,(H,13,14). The normalized spacial score (nSPS) is 10.5. The Morgan fingerprint density at radius 3 is 2.94 bits per heavy atom. The number of carbonyl (C=O) groups is 1. The molecular formula is C10H8N2O5S. The predicted molar refractivity (Wildman–Crippen MR) is 64.1 cm³/mol. The van der Waals surface area contributed by atoms with Crippen molar-refractivity contribution >= 4 is 33.2 Å². The Balaban J connectivity index is 2.50. The molecule has 7 nitrogen and oxygen atoms in total. The summed E-state index contributed by atoms with van der Waals surface area (Å²) >= 11 is 1.33. The van der Waals surface area contributed by atoms with E-state index in [-0.39, 0.29) is 11.4 Å². The molecule has 1 heterocycles. The van der Waals surface area contributed by atoms with E-state index in [1.165, 1.54) is 23.5 Å². The lowest BCUT2D eigenvalue weighted by atomic mass is 10.3. The van der Waals surface area contributed by atoms with Gasteiger partial charge in [0.1, 0.15) is 0 Å².